The van der Waals surface area contributed by atoms with Crippen molar-refractivity contribution >= 4 is 21.6 Å². The number of hydrogen-bond donors (Lipinski definition) is 1. The summed E-state index contributed by atoms with van der Waals surface area (Å²) in [6.07, 6.45) is 0. The molecule has 0 aromatic heterocycles. The van der Waals surface area contributed by atoms with Gasteiger partial charge < -0.3 is 0 Å². The van der Waals surface area contributed by atoms with E-state index in [1.165, 1.54) is 24.3 Å². The lowest BCUT2D eigenvalue weighted by atomic mass is 10.1. The van der Waals surface area contributed by atoms with Gasteiger partial charge in [0, 0.05) is 17.6 Å². The van der Waals surface area contributed by atoms with Gasteiger partial charge in [-0.1, -0.05) is 29.8 Å². The van der Waals surface area contributed by atoms with Crippen molar-refractivity contribution in [3.8, 4) is 0 Å². The van der Waals surface area contributed by atoms with Gasteiger partial charge in [-0.2, -0.15) is 0 Å². The van der Waals surface area contributed by atoms with E-state index in [4.69, 9.17) is 16.7 Å². The highest BCUT2D eigenvalue weighted by Gasteiger charge is 2.15. The first-order valence-corrected chi connectivity index (χ1v) is 8.88. The molecule has 0 saturated carbocycles. The second-order valence-electron chi connectivity index (χ2n) is 5.44. The van der Waals surface area contributed by atoms with E-state index in [9.17, 15) is 12.8 Å². The topological polar surface area (TPSA) is 63.4 Å². The third kappa shape index (κ3) is 4.51. The average Bonchev–Trinajstić information content (AvgIpc) is 2.48. The van der Waals surface area contributed by atoms with Gasteiger partial charge in [0.15, 0.2) is 0 Å². The molecule has 0 heterocycles. The van der Waals surface area contributed by atoms with Gasteiger partial charge in [-0.05, 0) is 49.4 Å². The SMILES string of the molecule is CC(c1ccc(S(N)(=O)=O)cc1)N(C)Cc1ccc(F)cc1Cl. The highest BCUT2D eigenvalue weighted by molar-refractivity contribution is 7.89. The van der Waals surface area contributed by atoms with Crippen LogP contribution >= 0.6 is 11.6 Å². The minimum Gasteiger partial charge on any atom is -0.295 e. The number of rotatable bonds is 5. The molecular weight excluding hydrogens is 339 g/mol. The number of benzene rings is 2. The third-order valence-electron chi connectivity index (χ3n) is 3.79. The van der Waals surface area contributed by atoms with Crippen LogP contribution in [0.2, 0.25) is 5.02 Å². The summed E-state index contributed by atoms with van der Waals surface area (Å²) < 4.78 is 35.6. The molecule has 2 aromatic carbocycles. The van der Waals surface area contributed by atoms with Crippen molar-refractivity contribution in [2.45, 2.75) is 24.4 Å². The minimum atomic E-state index is -3.69. The lowest BCUT2D eigenvalue weighted by Crippen LogP contribution is -2.22. The van der Waals surface area contributed by atoms with Crippen LogP contribution in [-0.2, 0) is 16.6 Å². The molecule has 124 valence electrons. The third-order valence-corrected chi connectivity index (χ3v) is 5.07. The van der Waals surface area contributed by atoms with Gasteiger partial charge in [0.2, 0.25) is 10.0 Å². The molecule has 1 atom stereocenters. The van der Waals surface area contributed by atoms with E-state index >= 15 is 0 Å². The summed E-state index contributed by atoms with van der Waals surface area (Å²) >= 11 is 6.05. The van der Waals surface area contributed by atoms with E-state index in [2.05, 4.69) is 0 Å². The Bertz CT molecular complexity index is 794. The molecule has 23 heavy (non-hydrogen) atoms. The average molecular weight is 357 g/mol. The molecule has 0 fully saturated rings. The molecule has 0 aliphatic rings. The fourth-order valence-electron chi connectivity index (χ4n) is 2.25. The van der Waals surface area contributed by atoms with Crippen LogP contribution < -0.4 is 5.14 Å². The highest BCUT2D eigenvalue weighted by Crippen LogP contribution is 2.25. The summed E-state index contributed by atoms with van der Waals surface area (Å²) in [6.45, 7) is 2.53. The van der Waals surface area contributed by atoms with Crippen molar-refractivity contribution in [2.24, 2.45) is 5.14 Å². The van der Waals surface area contributed by atoms with E-state index < -0.39 is 10.0 Å². The maximum absolute atomic E-state index is 13.1. The zero-order chi connectivity index (χ0) is 17.2. The van der Waals surface area contributed by atoms with Crippen molar-refractivity contribution in [1.29, 1.82) is 0 Å². The Labute approximate surface area is 140 Å². The van der Waals surface area contributed by atoms with Crippen LogP contribution in [-0.4, -0.2) is 20.4 Å². The van der Waals surface area contributed by atoms with E-state index in [0.717, 1.165) is 11.1 Å². The largest absolute Gasteiger partial charge is 0.295 e. The Morgan fingerprint density at radius 2 is 1.83 bits per heavy atom. The lowest BCUT2D eigenvalue weighted by molar-refractivity contribution is 0.253. The first kappa shape index (κ1) is 17.9. The van der Waals surface area contributed by atoms with Crippen molar-refractivity contribution in [3.05, 3.63) is 64.4 Å². The normalized spacial score (nSPS) is 13.3. The van der Waals surface area contributed by atoms with Crippen LogP contribution in [0.1, 0.15) is 24.1 Å². The lowest BCUT2D eigenvalue weighted by Gasteiger charge is -2.25. The minimum absolute atomic E-state index is 0.0191. The Kier molecular flexibility index (Phi) is 5.41. The molecule has 2 aromatic rings. The van der Waals surface area contributed by atoms with Crippen LogP contribution in [0, 0.1) is 5.82 Å². The fraction of sp³-hybridized carbons (Fsp3) is 0.250. The van der Waals surface area contributed by atoms with Crippen LogP contribution in [0.25, 0.3) is 0 Å². The molecule has 2 rings (SSSR count). The number of sulfonamides is 1. The van der Waals surface area contributed by atoms with Crippen LogP contribution in [0.4, 0.5) is 4.39 Å². The quantitative estimate of drug-likeness (QED) is 0.893. The summed E-state index contributed by atoms with van der Waals surface area (Å²) in [5.74, 6) is -0.368. The second-order valence-corrected chi connectivity index (χ2v) is 7.41. The van der Waals surface area contributed by atoms with Crippen molar-refractivity contribution in [3.63, 3.8) is 0 Å². The molecule has 0 saturated heterocycles. The molecule has 4 nitrogen and oxygen atoms in total. The number of nitrogens with zero attached hydrogens (tertiary/aromatic N) is 1. The van der Waals surface area contributed by atoms with Crippen LogP contribution in [0.15, 0.2) is 47.4 Å². The molecule has 0 bridgehead atoms. The second kappa shape index (κ2) is 6.97. The molecule has 0 radical (unpaired) electrons. The highest BCUT2D eigenvalue weighted by atomic mass is 35.5. The van der Waals surface area contributed by atoms with Crippen molar-refractivity contribution in [2.75, 3.05) is 7.05 Å². The summed E-state index contributed by atoms with van der Waals surface area (Å²) in [7, 11) is -1.78. The van der Waals surface area contributed by atoms with Gasteiger partial charge in [-0.3, -0.25) is 4.90 Å². The standard InChI is InChI=1S/C16H18ClFN2O2S/c1-11(12-4-7-15(8-5-12)23(19,21)22)20(2)10-13-3-6-14(18)9-16(13)17/h3-9,11H,10H2,1-2H3,(H2,19,21,22). The molecule has 1 unspecified atom stereocenters. The Hall–Kier alpha value is -1.47. The van der Waals surface area contributed by atoms with Gasteiger partial charge in [0.25, 0.3) is 0 Å². The smallest absolute Gasteiger partial charge is 0.238 e. The summed E-state index contributed by atoms with van der Waals surface area (Å²) in [5.41, 5.74) is 1.77. The van der Waals surface area contributed by atoms with Gasteiger partial charge in [0.1, 0.15) is 5.82 Å². The fourth-order valence-corrected chi connectivity index (χ4v) is 2.99. The maximum Gasteiger partial charge on any atom is 0.238 e. The predicted molar refractivity (Wildman–Crippen MR) is 89.1 cm³/mol. The predicted octanol–water partition coefficient (Wildman–Crippen LogP) is 3.32. The first-order chi connectivity index (χ1) is 10.7. The Balaban J connectivity index is 2.14. The van der Waals surface area contributed by atoms with Crippen LogP contribution in [0.5, 0.6) is 0 Å². The zero-order valence-electron chi connectivity index (χ0n) is 12.8. The summed E-state index contributed by atoms with van der Waals surface area (Å²) in [5, 5.41) is 5.47. The van der Waals surface area contributed by atoms with E-state index in [0.29, 0.717) is 11.6 Å². The van der Waals surface area contributed by atoms with E-state index in [-0.39, 0.29) is 16.8 Å². The van der Waals surface area contributed by atoms with Gasteiger partial charge >= 0.3 is 0 Å². The van der Waals surface area contributed by atoms with Gasteiger partial charge in [-0.25, -0.2) is 17.9 Å². The Morgan fingerprint density at radius 3 is 2.35 bits per heavy atom. The van der Waals surface area contributed by atoms with Crippen LogP contribution in [0.3, 0.4) is 0 Å². The molecule has 0 spiro atoms. The molecule has 0 amide bonds. The molecule has 0 aliphatic heterocycles. The Morgan fingerprint density at radius 1 is 1.22 bits per heavy atom. The summed E-state index contributed by atoms with van der Waals surface area (Å²) in [4.78, 5) is 2.11. The molecule has 7 heteroatoms. The first-order valence-electron chi connectivity index (χ1n) is 6.95. The molecule has 0 aliphatic carbocycles. The number of primary sulfonamides is 1. The van der Waals surface area contributed by atoms with Crippen molar-refractivity contribution in [1.82, 2.24) is 4.90 Å². The maximum atomic E-state index is 13.1. The number of halogens is 2. The molecule has 2 N–H and O–H groups in total. The number of hydrogen-bond acceptors (Lipinski definition) is 3. The monoisotopic (exact) mass is 356 g/mol. The zero-order valence-corrected chi connectivity index (χ0v) is 14.4. The van der Waals surface area contributed by atoms with Crippen molar-refractivity contribution < 1.29 is 12.8 Å². The summed E-state index contributed by atoms with van der Waals surface area (Å²) in [6, 6.07) is 10.8. The number of nitrogens with two attached hydrogens (primary N) is 1. The van der Waals surface area contributed by atoms with Gasteiger partial charge in [-0.15, -0.1) is 0 Å². The van der Waals surface area contributed by atoms with E-state index in [1.54, 1.807) is 18.2 Å². The van der Waals surface area contributed by atoms with E-state index in [1.807, 2.05) is 18.9 Å². The van der Waals surface area contributed by atoms with Gasteiger partial charge in [0.05, 0.1) is 4.90 Å². The molecular formula is C16H18ClFN2O2S.